The van der Waals surface area contributed by atoms with E-state index in [1.54, 1.807) is 6.08 Å². The summed E-state index contributed by atoms with van der Waals surface area (Å²) in [4.78, 5) is 0. The Bertz CT molecular complexity index is 163. The first-order valence-electron chi connectivity index (χ1n) is 4.07. The number of unbranched alkanes of at least 4 members (excludes halogenated alkanes) is 4. The van der Waals surface area contributed by atoms with Crippen LogP contribution >= 0.6 is 0 Å². The Morgan fingerprint density at radius 1 is 1.18 bits per heavy atom. The third-order valence-corrected chi connectivity index (χ3v) is 1.91. The molecule has 0 spiro atoms. The van der Waals surface area contributed by atoms with Gasteiger partial charge in [0.25, 0.3) is 0 Å². The van der Waals surface area contributed by atoms with Gasteiger partial charge in [0, 0.05) is 5.41 Å². The van der Waals surface area contributed by atoms with E-state index in [2.05, 4.69) is 6.92 Å². The molecule has 0 atom stereocenters. The Morgan fingerprint density at radius 2 is 1.91 bits per heavy atom. The van der Waals surface area contributed by atoms with Crippen LogP contribution in [0.5, 0.6) is 0 Å². The SMILES string of the molecule is CCCCCCC=C[SH](=O)=O. The highest BCUT2D eigenvalue weighted by atomic mass is 32.2. The van der Waals surface area contributed by atoms with Crippen molar-refractivity contribution in [3.63, 3.8) is 0 Å². The number of allylic oxidation sites excluding steroid dienone is 1. The molecule has 0 saturated carbocycles. The molecule has 0 heterocycles. The first-order valence-corrected chi connectivity index (χ1v) is 5.32. The van der Waals surface area contributed by atoms with E-state index in [4.69, 9.17) is 0 Å². The lowest BCUT2D eigenvalue weighted by molar-refractivity contribution is 0.621. The standard InChI is InChI=1S/C8H16O2S/c1-2-3-4-5-6-7-8-11(9)10/h7-8,11H,2-6H2,1H3. The molecule has 0 N–H and O–H groups in total. The van der Waals surface area contributed by atoms with Crippen molar-refractivity contribution < 1.29 is 8.42 Å². The summed E-state index contributed by atoms with van der Waals surface area (Å²) >= 11 is 0. The number of hydrogen-bond acceptors (Lipinski definition) is 2. The molecule has 0 bridgehead atoms. The monoisotopic (exact) mass is 176 g/mol. The van der Waals surface area contributed by atoms with Crippen molar-refractivity contribution in [2.24, 2.45) is 0 Å². The van der Waals surface area contributed by atoms with Gasteiger partial charge in [0.2, 0.25) is 0 Å². The molecule has 0 aliphatic heterocycles. The fourth-order valence-electron chi connectivity index (χ4n) is 0.850. The molecule has 3 heteroatoms. The van der Waals surface area contributed by atoms with Crippen LogP contribution < -0.4 is 0 Å². The molecule has 0 amide bonds. The molecule has 0 aliphatic carbocycles. The second-order valence-electron chi connectivity index (χ2n) is 2.52. The van der Waals surface area contributed by atoms with E-state index in [1.807, 2.05) is 0 Å². The largest absolute Gasteiger partial charge is 0.227 e. The smallest absolute Gasteiger partial charge is 0.161 e. The highest BCUT2D eigenvalue weighted by Gasteiger charge is 1.83. The van der Waals surface area contributed by atoms with Gasteiger partial charge >= 0.3 is 0 Å². The topological polar surface area (TPSA) is 34.1 Å². The van der Waals surface area contributed by atoms with E-state index in [-0.39, 0.29) is 0 Å². The second-order valence-corrected chi connectivity index (χ2v) is 3.39. The van der Waals surface area contributed by atoms with E-state index in [1.165, 1.54) is 24.7 Å². The maximum Gasteiger partial charge on any atom is 0.161 e. The number of hydrogen-bond donors (Lipinski definition) is 1. The molecule has 0 aromatic rings. The van der Waals surface area contributed by atoms with Gasteiger partial charge in [-0.3, -0.25) is 0 Å². The summed E-state index contributed by atoms with van der Waals surface area (Å²) in [6.45, 7) is 2.16. The summed E-state index contributed by atoms with van der Waals surface area (Å²) < 4.78 is 20.1. The Labute approximate surface area is 70.3 Å². The van der Waals surface area contributed by atoms with Crippen LogP contribution in [-0.2, 0) is 10.7 Å². The molecule has 0 fully saturated rings. The molecule has 0 unspecified atom stereocenters. The molecule has 11 heavy (non-hydrogen) atoms. The summed E-state index contributed by atoms with van der Waals surface area (Å²) in [6, 6.07) is 0. The first-order chi connectivity index (χ1) is 5.27. The van der Waals surface area contributed by atoms with Crippen LogP contribution in [0, 0.1) is 0 Å². The molecular formula is C8H16O2S. The van der Waals surface area contributed by atoms with E-state index in [9.17, 15) is 8.42 Å². The summed E-state index contributed by atoms with van der Waals surface area (Å²) in [5.41, 5.74) is 0. The van der Waals surface area contributed by atoms with Crippen molar-refractivity contribution in [1.82, 2.24) is 0 Å². The molecule has 0 rings (SSSR count). The fraction of sp³-hybridized carbons (Fsp3) is 0.750. The average Bonchev–Trinajstić information content (AvgIpc) is 1.96. The normalized spacial score (nSPS) is 11.5. The van der Waals surface area contributed by atoms with Gasteiger partial charge in [-0.15, -0.1) is 0 Å². The number of thiol groups is 1. The van der Waals surface area contributed by atoms with E-state index in [0.717, 1.165) is 12.8 Å². The zero-order valence-corrected chi connectivity index (χ0v) is 7.85. The van der Waals surface area contributed by atoms with Crippen molar-refractivity contribution in [2.75, 3.05) is 0 Å². The van der Waals surface area contributed by atoms with Gasteiger partial charge in [-0.05, 0) is 12.8 Å². The lowest BCUT2D eigenvalue weighted by Gasteiger charge is -1.92. The summed E-state index contributed by atoms with van der Waals surface area (Å²) in [5.74, 6) is 0. The zero-order valence-electron chi connectivity index (χ0n) is 6.95. The molecule has 2 nitrogen and oxygen atoms in total. The van der Waals surface area contributed by atoms with Crippen LogP contribution in [0.3, 0.4) is 0 Å². The minimum atomic E-state index is -2.31. The number of rotatable bonds is 6. The second kappa shape index (κ2) is 7.79. The minimum absolute atomic E-state index is 0.892. The van der Waals surface area contributed by atoms with Crippen LogP contribution in [0.15, 0.2) is 11.5 Å². The highest BCUT2D eigenvalue weighted by molar-refractivity contribution is 7.75. The van der Waals surface area contributed by atoms with Gasteiger partial charge in [-0.1, -0.05) is 32.3 Å². The summed E-state index contributed by atoms with van der Waals surface area (Å²) in [7, 11) is -2.31. The third-order valence-electron chi connectivity index (χ3n) is 1.45. The van der Waals surface area contributed by atoms with E-state index >= 15 is 0 Å². The lowest BCUT2D eigenvalue weighted by atomic mass is 10.2. The summed E-state index contributed by atoms with van der Waals surface area (Å²) in [6.07, 6.45) is 7.39. The quantitative estimate of drug-likeness (QED) is 0.496. The predicted molar refractivity (Wildman–Crippen MR) is 48.2 cm³/mol. The van der Waals surface area contributed by atoms with Gasteiger partial charge in [0.05, 0.1) is 0 Å². The Morgan fingerprint density at radius 3 is 2.45 bits per heavy atom. The van der Waals surface area contributed by atoms with Crippen LogP contribution in [0.4, 0.5) is 0 Å². The predicted octanol–water partition coefficient (Wildman–Crippen LogP) is 2.08. The maximum absolute atomic E-state index is 10.0. The van der Waals surface area contributed by atoms with Crippen LogP contribution in [0.2, 0.25) is 0 Å². The lowest BCUT2D eigenvalue weighted by Crippen LogP contribution is -1.73. The van der Waals surface area contributed by atoms with Crippen molar-refractivity contribution in [2.45, 2.75) is 39.0 Å². The van der Waals surface area contributed by atoms with Gasteiger partial charge in [0.1, 0.15) is 0 Å². The van der Waals surface area contributed by atoms with Crippen LogP contribution in [-0.4, -0.2) is 8.42 Å². The minimum Gasteiger partial charge on any atom is -0.227 e. The molecule has 0 aromatic heterocycles. The Hall–Kier alpha value is -0.310. The molecule has 0 radical (unpaired) electrons. The van der Waals surface area contributed by atoms with Crippen LogP contribution in [0.25, 0.3) is 0 Å². The van der Waals surface area contributed by atoms with E-state index < -0.39 is 10.7 Å². The molecule has 0 aromatic carbocycles. The molecule has 66 valence electrons. The fourth-order valence-corrected chi connectivity index (χ4v) is 1.17. The van der Waals surface area contributed by atoms with Gasteiger partial charge < -0.3 is 0 Å². The summed E-state index contributed by atoms with van der Waals surface area (Å²) in [5, 5.41) is 1.25. The third kappa shape index (κ3) is 9.69. The molecule has 0 aliphatic rings. The van der Waals surface area contributed by atoms with Crippen LogP contribution in [0.1, 0.15) is 39.0 Å². The Kier molecular flexibility index (Phi) is 7.57. The average molecular weight is 176 g/mol. The highest BCUT2D eigenvalue weighted by Crippen LogP contribution is 2.02. The van der Waals surface area contributed by atoms with Gasteiger partial charge in [-0.2, -0.15) is 0 Å². The maximum atomic E-state index is 10.0. The van der Waals surface area contributed by atoms with Crippen molar-refractivity contribution in [3.05, 3.63) is 11.5 Å². The van der Waals surface area contributed by atoms with Crippen molar-refractivity contribution >= 4 is 10.7 Å². The first kappa shape index (κ1) is 10.7. The molecular weight excluding hydrogens is 160 g/mol. The van der Waals surface area contributed by atoms with Crippen molar-refractivity contribution in [1.29, 1.82) is 0 Å². The van der Waals surface area contributed by atoms with E-state index in [0.29, 0.717) is 0 Å². The zero-order chi connectivity index (χ0) is 8.53. The van der Waals surface area contributed by atoms with Gasteiger partial charge in [-0.25, -0.2) is 8.42 Å². The molecule has 0 saturated heterocycles. The van der Waals surface area contributed by atoms with Crippen molar-refractivity contribution in [3.8, 4) is 0 Å². The Balaban J connectivity index is 3.14. The van der Waals surface area contributed by atoms with Gasteiger partial charge in [0.15, 0.2) is 10.7 Å².